The van der Waals surface area contributed by atoms with Crippen molar-refractivity contribution in [2.75, 3.05) is 17.7 Å². The lowest BCUT2D eigenvalue weighted by Gasteiger charge is -2.17. The molecule has 4 heterocycles. The molecule has 3 aromatic heterocycles. The van der Waals surface area contributed by atoms with Crippen molar-refractivity contribution in [2.45, 2.75) is 19.1 Å². The molecule has 0 aliphatic carbocycles. The van der Waals surface area contributed by atoms with Crippen molar-refractivity contribution >= 4 is 35.6 Å². The van der Waals surface area contributed by atoms with Gasteiger partial charge >= 0.3 is 0 Å². The van der Waals surface area contributed by atoms with Crippen molar-refractivity contribution in [1.82, 2.24) is 30.4 Å². The van der Waals surface area contributed by atoms with Gasteiger partial charge in [0.25, 0.3) is 5.91 Å². The monoisotopic (exact) mass is 448 g/mol. The molecule has 0 radical (unpaired) electrons. The Kier molecular flexibility index (Phi) is 6.11. The van der Waals surface area contributed by atoms with Crippen LogP contribution in [0.2, 0.25) is 0 Å². The minimum atomic E-state index is -0.525. The number of hydrogen-bond acceptors (Lipinski definition) is 9. The van der Waals surface area contributed by atoms with Gasteiger partial charge in [-0.3, -0.25) is 14.6 Å². The van der Waals surface area contributed by atoms with Crippen LogP contribution < -0.4 is 27.0 Å². The van der Waals surface area contributed by atoms with Crippen molar-refractivity contribution in [3.63, 3.8) is 0 Å². The number of pyridine rings is 2. The molecular weight excluding hydrogens is 424 g/mol. The molecule has 12 nitrogen and oxygen atoms in total. The normalized spacial score (nSPS) is 15.3. The second-order valence-corrected chi connectivity index (χ2v) is 7.41. The number of hydrogen-bond donors (Lipinski definition) is 5. The summed E-state index contributed by atoms with van der Waals surface area (Å²) < 4.78 is 1.62. The first kappa shape index (κ1) is 22.0. The van der Waals surface area contributed by atoms with Gasteiger partial charge in [0.05, 0.1) is 17.9 Å². The van der Waals surface area contributed by atoms with E-state index in [1.54, 1.807) is 56.0 Å². The van der Waals surface area contributed by atoms with E-state index in [4.69, 9.17) is 5.73 Å². The number of fused-ring (bicyclic) bond motifs is 1. The van der Waals surface area contributed by atoms with E-state index in [9.17, 15) is 9.59 Å². The Bertz CT molecular complexity index is 1220. The average molecular weight is 448 g/mol. The molecule has 0 saturated carbocycles. The van der Waals surface area contributed by atoms with Gasteiger partial charge in [-0.25, -0.2) is 14.7 Å². The predicted octanol–water partition coefficient (Wildman–Crippen LogP) is 0.896. The number of aromatic nitrogens is 4. The molecule has 0 spiro atoms. The van der Waals surface area contributed by atoms with E-state index in [0.29, 0.717) is 22.6 Å². The second-order valence-electron chi connectivity index (χ2n) is 7.41. The zero-order chi connectivity index (χ0) is 23.5. The van der Waals surface area contributed by atoms with E-state index in [2.05, 4.69) is 41.3 Å². The highest BCUT2D eigenvalue weighted by Crippen LogP contribution is 2.36. The molecule has 2 amide bonds. The van der Waals surface area contributed by atoms with Crippen molar-refractivity contribution in [2.24, 2.45) is 17.8 Å². The quantitative estimate of drug-likeness (QED) is 0.371. The number of aliphatic imine (C=N–C) groups is 1. The van der Waals surface area contributed by atoms with Crippen LogP contribution >= 0.6 is 0 Å². The Morgan fingerprint density at radius 1 is 1.21 bits per heavy atom. The third kappa shape index (κ3) is 4.56. The molecule has 4 rings (SSSR count). The first-order chi connectivity index (χ1) is 15.9. The average Bonchev–Trinajstić information content (AvgIpc) is 3.16. The molecular formula is C21H24N10O2. The number of amides is 2. The summed E-state index contributed by atoms with van der Waals surface area (Å²) in [5.41, 5.74) is 8.31. The topological polar surface area (TPSA) is 164 Å². The van der Waals surface area contributed by atoms with Gasteiger partial charge in [0.15, 0.2) is 5.82 Å². The first-order valence-electron chi connectivity index (χ1n) is 10.2. The number of nitrogens with zero attached hydrogens (tertiary/aromatic N) is 5. The summed E-state index contributed by atoms with van der Waals surface area (Å²) in [6, 6.07) is 7.91. The third-order valence-corrected chi connectivity index (χ3v) is 5.12. The van der Waals surface area contributed by atoms with Crippen LogP contribution in [0.15, 0.2) is 41.5 Å². The molecule has 3 aromatic rings. The minimum Gasteiger partial charge on any atom is -0.357 e. The molecule has 170 valence electrons. The summed E-state index contributed by atoms with van der Waals surface area (Å²) in [5.74, 6) is 0.357. The number of nitrogens with two attached hydrogens (primary N) is 1. The molecule has 0 bridgehead atoms. The summed E-state index contributed by atoms with van der Waals surface area (Å²) in [6.45, 7) is 1.72. The van der Waals surface area contributed by atoms with Gasteiger partial charge < -0.3 is 27.0 Å². The van der Waals surface area contributed by atoms with E-state index < -0.39 is 18.1 Å². The highest BCUT2D eigenvalue weighted by Gasteiger charge is 2.26. The number of carbonyl (C=O) groups excluding carboxylic acids is 2. The summed E-state index contributed by atoms with van der Waals surface area (Å²) in [5, 5.41) is 15.9. The lowest BCUT2D eigenvalue weighted by molar-refractivity contribution is -0.117. The smallest absolute Gasteiger partial charge is 0.275 e. The fourth-order valence-corrected chi connectivity index (χ4v) is 3.28. The van der Waals surface area contributed by atoms with Crippen molar-refractivity contribution in [3.05, 3.63) is 47.8 Å². The van der Waals surface area contributed by atoms with Gasteiger partial charge in [-0.05, 0) is 38.2 Å². The Morgan fingerprint density at radius 3 is 2.67 bits per heavy atom. The first-order valence-corrected chi connectivity index (χ1v) is 10.2. The Morgan fingerprint density at radius 2 is 1.97 bits per heavy atom. The van der Waals surface area contributed by atoms with Crippen LogP contribution in [0.3, 0.4) is 0 Å². The van der Waals surface area contributed by atoms with Gasteiger partial charge in [-0.2, -0.15) is 5.10 Å². The number of nitrogens with one attached hydrogen (secondary N) is 4. The lowest BCUT2D eigenvalue weighted by Crippen LogP contribution is -2.35. The molecule has 0 saturated heterocycles. The van der Waals surface area contributed by atoms with Gasteiger partial charge in [0.1, 0.15) is 29.2 Å². The maximum absolute atomic E-state index is 12.7. The summed E-state index contributed by atoms with van der Waals surface area (Å²) in [6.07, 6.45) is 2.52. The second kappa shape index (κ2) is 9.14. The molecule has 6 N–H and O–H groups in total. The van der Waals surface area contributed by atoms with E-state index in [-0.39, 0.29) is 23.2 Å². The van der Waals surface area contributed by atoms with Crippen LogP contribution in [0.5, 0.6) is 0 Å². The summed E-state index contributed by atoms with van der Waals surface area (Å²) in [7, 11) is 3.45. The van der Waals surface area contributed by atoms with E-state index in [1.807, 2.05) is 0 Å². The van der Waals surface area contributed by atoms with Crippen molar-refractivity contribution in [1.29, 1.82) is 0 Å². The van der Waals surface area contributed by atoms with Gasteiger partial charge in [0.2, 0.25) is 5.91 Å². The fourth-order valence-electron chi connectivity index (χ4n) is 3.28. The maximum atomic E-state index is 12.7. The zero-order valence-corrected chi connectivity index (χ0v) is 18.3. The molecule has 0 aromatic carbocycles. The Balaban J connectivity index is 1.76. The molecule has 1 aliphatic rings. The van der Waals surface area contributed by atoms with E-state index in [1.165, 1.54) is 12.5 Å². The van der Waals surface area contributed by atoms with Crippen LogP contribution in [-0.4, -0.2) is 51.0 Å². The highest BCUT2D eigenvalue weighted by molar-refractivity contribution is 6.03. The molecule has 0 fully saturated rings. The summed E-state index contributed by atoms with van der Waals surface area (Å²) in [4.78, 5) is 37.9. The zero-order valence-electron chi connectivity index (χ0n) is 18.3. The predicted molar refractivity (Wildman–Crippen MR) is 124 cm³/mol. The van der Waals surface area contributed by atoms with Crippen LogP contribution in [-0.2, 0) is 11.8 Å². The number of carbonyl (C=O) groups is 2. The fraction of sp³-hybridized carbons (Fsp3) is 0.238. The number of anilines is 2. The van der Waals surface area contributed by atoms with Crippen molar-refractivity contribution < 1.29 is 9.59 Å². The van der Waals surface area contributed by atoms with Crippen LogP contribution in [0.1, 0.15) is 29.1 Å². The Labute approximate surface area is 189 Å². The van der Waals surface area contributed by atoms with Crippen LogP contribution in [0, 0.1) is 0 Å². The SMILES string of the molecule is CNC(C)C(=O)Nc1cc(-c2nn(C)c3c2C(N)NC=N3)cc(NC(=O)c2ccccn2)n1. The molecule has 12 heteroatoms. The standard InChI is InChI=1S/C21H24N10O2/c1-11(23-2)20(32)28-14-8-12(17-16-18(22)25-10-26-19(16)31(3)30-17)9-15(27-14)29-21(33)13-6-4-5-7-24-13/h4-11,18,23H,22H2,1-3H3,(H,25,26)(H2,27,28,29,32,33). The Hall–Kier alpha value is -4.16. The maximum Gasteiger partial charge on any atom is 0.275 e. The molecule has 1 aliphatic heterocycles. The molecule has 33 heavy (non-hydrogen) atoms. The van der Waals surface area contributed by atoms with Crippen LogP contribution in [0.25, 0.3) is 11.3 Å². The van der Waals surface area contributed by atoms with Gasteiger partial charge in [-0.15, -0.1) is 0 Å². The van der Waals surface area contributed by atoms with Crippen molar-refractivity contribution in [3.8, 4) is 11.3 Å². The minimum absolute atomic E-state index is 0.218. The third-order valence-electron chi connectivity index (χ3n) is 5.12. The molecule has 2 unspecified atom stereocenters. The molecule has 2 atom stereocenters. The lowest BCUT2D eigenvalue weighted by atomic mass is 10.1. The van der Waals surface area contributed by atoms with E-state index >= 15 is 0 Å². The number of likely N-dealkylation sites (N-methyl/N-ethyl adjacent to an activating group) is 1. The van der Waals surface area contributed by atoms with Gasteiger partial charge in [0, 0.05) is 18.8 Å². The number of rotatable bonds is 6. The number of aryl methyl sites for hydroxylation is 1. The van der Waals surface area contributed by atoms with Crippen LogP contribution in [0.4, 0.5) is 17.5 Å². The van der Waals surface area contributed by atoms with Gasteiger partial charge in [-0.1, -0.05) is 6.07 Å². The largest absolute Gasteiger partial charge is 0.357 e. The highest BCUT2D eigenvalue weighted by atomic mass is 16.2. The summed E-state index contributed by atoms with van der Waals surface area (Å²) >= 11 is 0. The van der Waals surface area contributed by atoms with E-state index in [0.717, 1.165) is 0 Å².